The molecular weight excluding hydrogens is 148 g/mol. The van der Waals surface area contributed by atoms with Crippen molar-refractivity contribution in [3.63, 3.8) is 0 Å². The van der Waals surface area contributed by atoms with Crippen LogP contribution in [0.25, 0.3) is 0 Å². The Balaban J connectivity index is 2.18. The molecule has 0 bridgehead atoms. The van der Waals surface area contributed by atoms with E-state index in [2.05, 4.69) is 6.08 Å². The number of halogens is 1. The van der Waals surface area contributed by atoms with Crippen molar-refractivity contribution in [1.29, 1.82) is 0 Å². The molecule has 1 nitrogen and oxygen atoms in total. The summed E-state index contributed by atoms with van der Waals surface area (Å²) >= 11 is 5.37. The van der Waals surface area contributed by atoms with Gasteiger partial charge in [0.25, 0.3) is 0 Å². The van der Waals surface area contributed by atoms with Gasteiger partial charge in [0, 0.05) is 0 Å². The van der Waals surface area contributed by atoms with Crippen LogP contribution >= 0.6 is 11.6 Å². The first-order valence-corrected chi connectivity index (χ1v) is 4.28. The van der Waals surface area contributed by atoms with E-state index in [0.29, 0.717) is 6.07 Å². The molecule has 0 heterocycles. The number of rotatable bonds is 3. The zero-order chi connectivity index (χ0) is 7.23. The molecule has 0 aromatic heterocycles. The van der Waals surface area contributed by atoms with E-state index >= 15 is 0 Å². The molecule has 0 amide bonds. The molecule has 0 unspecified atom stereocenters. The highest BCUT2D eigenvalue weighted by Crippen LogP contribution is 2.17. The number of hydrogen-bond donors (Lipinski definition) is 0. The summed E-state index contributed by atoms with van der Waals surface area (Å²) in [6.07, 6.45) is 7.36. The van der Waals surface area contributed by atoms with E-state index in [1.165, 1.54) is 31.3 Å². The van der Waals surface area contributed by atoms with E-state index in [-0.39, 0.29) is 0 Å². The summed E-state index contributed by atoms with van der Waals surface area (Å²) in [5.41, 5.74) is 1.42. The zero-order valence-corrected chi connectivity index (χ0v) is 6.86. The monoisotopic (exact) mass is 160 g/mol. The quantitative estimate of drug-likeness (QED) is 0.456. The van der Waals surface area contributed by atoms with Gasteiger partial charge in [0.2, 0.25) is 0 Å². The van der Waals surface area contributed by atoms with Crippen LogP contribution in [0, 0.1) is 0 Å². The highest BCUT2D eigenvalue weighted by atomic mass is 35.5. The van der Waals surface area contributed by atoms with Gasteiger partial charge in [-0.2, -0.15) is 0 Å². The second-order valence-corrected chi connectivity index (χ2v) is 2.78. The lowest BCUT2D eigenvalue weighted by atomic mass is 10.0. The van der Waals surface area contributed by atoms with Crippen molar-refractivity contribution in [3.05, 3.63) is 11.6 Å². The molecule has 58 valence electrons. The molecule has 10 heavy (non-hydrogen) atoms. The Labute approximate surface area is 67.0 Å². The smallest absolute Gasteiger partial charge is 0.121 e. The third-order valence-corrected chi connectivity index (χ3v) is 1.90. The fourth-order valence-electron chi connectivity index (χ4n) is 1.21. The fraction of sp³-hybridized carbons (Fsp3) is 0.750. The zero-order valence-electron chi connectivity index (χ0n) is 6.11. The second kappa shape index (κ2) is 4.75. The van der Waals surface area contributed by atoms with Crippen LogP contribution in [0.15, 0.2) is 11.6 Å². The van der Waals surface area contributed by atoms with E-state index in [9.17, 15) is 0 Å². The Bertz CT molecular complexity index is 120. The van der Waals surface area contributed by atoms with Gasteiger partial charge in [0.1, 0.15) is 6.07 Å². The van der Waals surface area contributed by atoms with E-state index in [1.54, 1.807) is 0 Å². The predicted octanol–water partition coefficient (Wildman–Crippen LogP) is 2.70. The van der Waals surface area contributed by atoms with Gasteiger partial charge in [-0.15, -0.1) is 0 Å². The van der Waals surface area contributed by atoms with Crippen LogP contribution in [0.5, 0.6) is 0 Å². The lowest BCUT2D eigenvalue weighted by Gasteiger charge is -2.11. The summed E-state index contributed by atoms with van der Waals surface area (Å²) in [4.78, 5) is 0. The molecule has 0 radical (unpaired) electrons. The Morgan fingerprint density at radius 2 is 2.40 bits per heavy atom. The average Bonchev–Trinajstić information content (AvgIpc) is 2.03. The minimum atomic E-state index is 0.317. The van der Waals surface area contributed by atoms with Crippen molar-refractivity contribution in [2.75, 3.05) is 12.7 Å². The van der Waals surface area contributed by atoms with Crippen molar-refractivity contribution < 1.29 is 4.74 Å². The summed E-state index contributed by atoms with van der Waals surface area (Å²) in [6.45, 7) is 0.740. The van der Waals surface area contributed by atoms with Crippen molar-refractivity contribution >= 4 is 11.6 Å². The molecule has 0 saturated heterocycles. The highest BCUT2D eigenvalue weighted by molar-refractivity contribution is 6.17. The van der Waals surface area contributed by atoms with Crippen LogP contribution in [0.2, 0.25) is 0 Å². The van der Waals surface area contributed by atoms with Gasteiger partial charge in [0.15, 0.2) is 0 Å². The van der Waals surface area contributed by atoms with Gasteiger partial charge in [-0.05, 0) is 31.3 Å². The maximum atomic E-state index is 5.37. The van der Waals surface area contributed by atoms with Gasteiger partial charge >= 0.3 is 0 Å². The minimum Gasteiger partial charge on any atom is -0.361 e. The van der Waals surface area contributed by atoms with Crippen LogP contribution in [-0.4, -0.2) is 12.7 Å². The summed E-state index contributed by atoms with van der Waals surface area (Å²) in [5, 5.41) is 0. The van der Waals surface area contributed by atoms with Gasteiger partial charge in [-0.3, -0.25) is 0 Å². The Kier molecular flexibility index (Phi) is 3.84. The molecule has 0 spiro atoms. The Hall–Kier alpha value is -0.0100. The van der Waals surface area contributed by atoms with E-state index in [4.69, 9.17) is 16.3 Å². The first-order valence-electron chi connectivity index (χ1n) is 3.75. The molecule has 2 heteroatoms. The Morgan fingerprint density at radius 3 is 3.00 bits per heavy atom. The second-order valence-electron chi connectivity index (χ2n) is 2.57. The topological polar surface area (TPSA) is 9.23 Å². The lowest BCUT2D eigenvalue weighted by molar-refractivity contribution is 0.201. The third-order valence-electron chi connectivity index (χ3n) is 1.75. The molecule has 0 aliphatic heterocycles. The van der Waals surface area contributed by atoms with Crippen LogP contribution in [0.3, 0.4) is 0 Å². The number of allylic oxidation sites excluding steroid dienone is 1. The van der Waals surface area contributed by atoms with E-state index < -0.39 is 0 Å². The van der Waals surface area contributed by atoms with Crippen molar-refractivity contribution in [2.45, 2.75) is 25.7 Å². The first-order chi connectivity index (χ1) is 4.93. The third kappa shape index (κ3) is 2.72. The lowest BCUT2D eigenvalue weighted by Crippen LogP contribution is -2.00. The molecule has 0 aromatic rings. The molecule has 0 fully saturated rings. The molecule has 1 aliphatic rings. The van der Waals surface area contributed by atoms with Crippen molar-refractivity contribution in [3.8, 4) is 0 Å². The fourth-order valence-corrected chi connectivity index (χ4v) is 1.28. The van der Waals surface area contributed by atoms with Gasteiger partial charge in [0.05, 0.1) is 6.61 Å². The molecule has 0 N–H and O–H groups in total. The van der Waals surface area contributed by atoms with Gasteiger partial charge in [-0.1, -0.05) is 17.7 Å². The SMILES string of the molecule is ClCOCC1=CCCCC1. The summed E-state index contributed by atoms with van der Waals surface area (Å²) in [6, 6.07) is 0.317. The highest BCUT2D eigenvalue weighted by Gasteiger charge is 2.02. The maximum absolute atomic E-state index is 5.37. The predicted molar refractivity (Wildman–Crippen MR) is 43.2 cm³/mol. The summed E-state index contributed by atoms with van der Waals surface area (Å²) in [7, 11) is 0. The first kappa shape index (κ1) is 8.09. The number of hydrogen-bond acceptors (Lipinski definition) is 1. The molecule has 0 aromatic carbocycles. The van der Waals surface area contributed by atoms with Crippen molar-refractivity contribution in [2.24, 2.45) is 0 Å². The molecule has 1 rings (SSSR count). The largest absolute Gasteiger partial charge is 0.361 e. The van der Waals surface area contributed by atoms with Crippen molar-refractivity contribution in [1.82, 2.24) is 0 Å². The number of alkyl halides is 1. The van der Waals surface area contributed by atoms with Gasteiger partial charge < -0.3 is 4.74 Å². The summed E-state index contributed by atoms with van der Waals surface area (Å²) in [5.74, 6) is 0. The molecule has 1 aliphatic carbocycles. The maximum Gasteiger partial charge on any atom is 0.121 e. The van der Waals surface area contributed by atoms with E-state index in [1.807, 2.05) is 0 Å². The van der Waals surface area contributed by atoms with Crippen LogP contribution < -0.4 is 0 Å². The minimum absolute atomic E-state index is 0.317. The summed E-state index contributed by atoms with van der Waals surface area (Å²) < 4.78 is 5.07. The molecule has 0 atom stereocenters. The van der Waals surface area contributed by atoms with Crippen LogP contribution in [-0.2, 0) is 4.74 Å². The van der Waals surface area contributed by atoms with Crippen LogP contribution in [0.4, 0.5) is 0 Å². The van der Waals surface area contributed by atoms with E-state index in [0.717, 1.165) is 6.61 Å². The standard InChI is InChI=1S/C8H13ClO/c9-7-10-6-8-4-2-1-3-5-8/h4H,1-3,5-7H2. The Morgan fingerprint density at radius 1 is 1.50 bits per heavy atom. The molecule has 0 saturated carbocycles. The number of ether oxygens (including phenoxy) is 1. The normalized spacial score (nSPS) is 18.7. The van der Waals surface area contributed by atoms with Gasteiger partial charge in [-0.25, -0.2) is 0 Å². The average molecular weight is 161 g/mol. The molecular formula is C8H13ClO. The van der Waals surface area contributed by atoms with Crippen LogP contribution in [0.1, 0.15) is 25.7 Å².